The summed E-state index contributed by atoms with van der Waals surface area (Å²) in [6.07, 6.45) is 0. The molecule has 0 bridgehead atoms. The molecule has 0 amide bonds. The Bertz CT molecular complexity index is 577. The van der Waals surface area contributed by atoms with Gasteiger partial charge >= 0.3 is 0 Å². The van der Waals surface area contributed by atoms with Crippen LogP contribution in [0.3, 0.4) is 0 Å². The summed E-state index contributed by atoms with van der Waals surface area (Å²) in [6.45, 7) is 0.130. The van der Waals surface area contributed by atoms with Crippen molar-refractivity contribution in [2.75, 3.05) is 5.73 Å². The Kier molecular flexibility index (Phi) is 4.09. The van der Waals surface area contributed by atoms with Gasteiger partial charge in [0.05, 0.1) is 10.7 Å². The number of hydrogen-bond donors (Lipinski definition) is 1. The SMILES string of the molecule is Nc1ccc(OCc2cc(Br)ccc2F)cc1Cl. The van der Waals surface area contributed by atoms with Gasteiger partial charge < -0.3 is 10.5 Å². The molecule has 5 heteroatoms. The van der Waals surface area contributed by atoms with Crippen molar-refractivity contribution in [3.63, 3.8) is 0 Å². The second-order valence-corrected chi connectivity index (χ2v) is 5.03. The Balaban J connectivity index is 2.11. The van der Waals surface area contributed by atoms with Gasteiger partial charge in [-0.15, -0.1) is 0 Å². The van der Waals surface area contributed by atoms with Crippen LogP contribution in [0.2, 0.25) is 5.02 Å². The average molecular weight is 331 g/mol. The number of nitrogen functional groups attached to an aromatic ring is 1. The minimum absolute atomic E-state index is 0.130. The maximum absolute atomic E-state index is 13.5. The molecule has 0 radical (unpaired) electrons. The Morgan fingerprint density at radius 3 is 2.72 bits per heavy atom. The van der Waals surface area contributed by atoms with E-state index < -0.39 is 0 Å². The smallest absolute Gasteiger partial charge is 0.129 e. The summed E-state index contributed by atoms with van der Waals surface area (Å²) in [5.41, 5.74) is 6.54. The minimum Gasteiger partial charge on any atom is -0.489 e. The molecule has 0 aromatic heterocycles. The molecule has 0 fully saturated rings. The lowest BCUT2D eigenvalue weighted by Gasteiger charge is -2.08. The fourth-order valence-corrected chi connectivity index (χ4v) is 1.99. The molecule has 2 rings (SSSR count). The largest absolute Gasteiger partial charge is 0.489 e. The van der Waals surface area contributed by atoms with Crippen LogP contribution in [-0.4, -0.2) is 0 Å². The lowest BCUT2D eigenvalue weighted by Crippen LogP contribution is -1.99. The van der Waals surface area contributed by atoms with Crippen LogP contribution in [0.25, 0.3) is 0 Å². The number of nitrogens with two attached hydrogens (primary N) is 1. The van der Waals surface area contributed by atoms with Crippen molar-refractivity contribution in [3.8, 4) is 5.75 Å². The molecule has 18 heavy (non-hydrogen) atoms. The number of hydrogen-bond acceptors (Lipinski definition) is 2. The maximum Gasteiger partial charge on any atom is 0.129 e. The molecule has 0 saturated carbocycles. The first kappa shape index (κ1) is 13.2. The normalized spacial score (nSPS) is 10.4. The fraction of sp³-hybridized carbons (Fsp3) is 0.0769. The van der Waals surface area contributed by atoms with Crippen LogP contribution in [0.1, 0.15) is 5.56 Å². The van der Waals surface area contributed by atoms with E-state index in [0.717, 1.165) is 4.47 Å². The van der Waals surface area contributed by atoms with Crippen LogP contribution in [0.5, 0.6) is 5.75 Å². The number of benzene rings is 2. The van der Waals surface area contributed by atoms with E-state index in [9.17, 15) is 4.39 Å². The first-order valence-electron chi connectivity index (χ1n) is 5.18. The molecule has 0 heterocycles. The summed E-state index contributed by atoms with van der Waals surface area (Å²) in [7, 11) is 0. The van der Waals surface area contributed by atoms with Gasteiger partial charge in [-0.1, -0.05) is 27.5 Å². The van der Waals surface area contributed by atoms with Crippen molar-refractivity contribution < 1.29 is 9.13 Å². The van der Waals surface area contributed by atoms with Crippen LogP contribution < -0.4 is 10.5 Å². The summed E-state index contributed by atoms with van der Waals surface area (Å²) in [6, 6.07) is 9.64. The van der Waals surface area contributed by atoms with Crippen LogP contribution >= 0.6 is 27.5 Å². The highest BCUT2D eigenvalue weighted by atomic mass is 79.9. The monoisotopic (exact) mass is 329 g/mol. The summed E-state index contributed by atoms with van der Waals surface area (Å²) >= 11 is 9.15. The van der Waals surface area contributed by atoms with Crippen LogP contribution in [0.4, 0.5) is 10.1 Å². The van der Waals surface area contributed by atoms with Gasteiger partial charge in [-0.2, -0.15) is 0 Å². The molecule has 2 nitrogen and oxygen atoms in total. The minimum atomic E-state index is -0.306. The molecule has 2 N–H and O–H groups in total. The van der Waals surface area contributed by atoms with E-state index in [4.69, 9.17) is 22.1 Å². The second-order valence-electron chi connectivity index (χ2n) is 3.71. The lowest BCUT2D eigenvalue weighted by atomic mass is 10.2. The first-order chi connectivity index (χ1) is 8.56. The third-order valence-electron chi connectivity index (χ3n) is 2.37. The van der Waals surface area contributed by atoms with E-state index in [2.05, 4.69) is 15.9 Å². The number of halogens is 3. The summed E-state index contributed by atoms with van der Waals surface area (Å²) in [5.74, 6) is 0.244. The van der Waals surface area contributed by atoms with Gasteiger partial charge in [0.25, 0.3) is 0 Å². The quantitative estimate of drug-likeness (QED) is 0.846. The van der Waals surface area contributed by atoms with E-state index in [-0.39, 0.29) is 12.4 Å². The molecule has 94 valence electrons. The molecule has 0 saturated heterocycles. The Labute approximate surface area is 118 Å². The van der Waals surface area contributed by atoms with E-state index >= 15 is 0 Å². The molecule has 0 spiro atoms. The van der Waals surface area contributed by atoms with E-state index in [1.807, 2.05) is 0 Å². The molecule has 2 aromatic carbocycles. The number of rotatable bonds is 3. The molecule has 2 aromatic rings. The number of anilines is 1. The topological polar surface area (TPSA) is 35.2 Å². The van der Waals surface area contributed by atoms with Gasteiger partial charge in [-0.3, -0.25) is 0 Å². The van der Waals surface area contributed by atoms with Crippen molar-refractivity contribution in [1.82, 2.24) is 0 Å². The molecular weight excluding hydrogens is 321 g/mol. The summed E-state index contributed by atoms with van der Waals surface area (Å²) in [4.78, 5) is 0. The van der Waals surface area contributed by atoms with Crippen LogP contribution in [-0.2, 0) is 6.61 Å². The van der Waals surface area contributed by atoms with Crippen LogP contribution in [0.15, 0.2) is 40.9 Å². The molecule has 0 atom stereocenters. The Morgan fingerprint density at radius 2 is 2.00 bits per heavy atom. The third kappa shape index (κ3) is 3.15. The molecular formula is C13H10BrClFNO. The zero-order valence-corrected chi connectivity index (χ0v) is 11.6. The fourth-order valence-electron chi connectivity index (χ4n) is 1.41. The highest BCUT2D eigenvalue weighted by molar-refractivity contribution is 9.10. The molecule has 0 aliphatic carbocycles. The van der Waals surface area contributed by atoms with Gasteiger partial charge in [-0.05, 0) is 30.3 Å². The Morgan fingerprint density at radius 1 is 1.22 bits per heavy atom. The number of ether oxygens (including phenoxy) is 1. The second kappa shape index (κ2) is 5.59. The Hall–Kier alpha value is -1.26. The van der Waals surface area contributed by atoms with Crippen molar-refractivity contribution in [3.05, 3.63) is 57.3 Å². The standard InChI is InChI=1S/C13H10BrClFNO/c14-9-1-3-12(16)8(5-9)7-18-10-2-4-13(17)11(15)6-10/h1-6H,7,17H2. The molecule has 0 aliphatic heterocycles. The van der Waals surface area contributed by atoms with E-state index in [0.29, 0.717) is 22.0 Å². The van der Waals surface area contributed by atoms with E-state index in [1.54, 1.807) is 30.3 Å². The first-order valence-corrected chi connectivity index (χ1v) is 6.35. The van der Waals surface area contributed by atoms with Crippen LogP contribution in [0, 0.1) is 5.82 Å². The predicted octanol–water partition coefficient (Wildman–Crippen LogP) is 4.40. The van der Waals surface area contributed by atoms with Gasteiger partial charge in [-0.25, -0.2) is 4.39 Å². The van der Waals surface area contributed by atoms with Crippen molar-refractivity contribution >= 4 is 33.2 Å². The maximum atomic E-state index is 13.5. The highest BCUT2D eigenvalue weighted by Crippen LogP contribution is 2.25. The zero-order valence-electron chi connectivity index (χ0n) is 9.29. The van der Waals surface area contributed by atoms with Crippen molar-refractivity contribution in [1.29, 1.82) is 0 Å². The molecule has 0 aliphatic rings. The average Bonchev–Trinajstić information content (AvgIpc) is 2.34. The van der Waals surface area contributed by atoms with Crippen molar-refractivity contribution in [2.45, 2.75) is 6.61 Å². The zero-order chi connectivity index (χ0) is 13.1. The summed E-state index contributed by atoms with van der Waals surface area (Å²) < 4.78 is 19.7. The van der Waals surface area contributed by atoms with Gasteiger partial charge in [0.15, 0.2) is 0 Å². The van der Waals surface area contributed by atoms with Gasteiger partial charge in [0, 0.05) is 16.1 Å². The predicted molar refractivity (Wildman–Crippen MR) is 74.3 cm³/mol. The molecule has 0 unspecified atom stereocenters. The third-order valence-corrected chi connectivity index (χ3v) is 3.19. The highest BCUT2D eigenvalue weighted by Gasteiger charge is 2.05. The van der Waals surface area contributed by atoms with Gasteiger partial charge in [0.1, 0.15) is 18.2 Å². The van der Waals surface area contributed by atoms with Gasteiger partial charge in [0.2, 0.25) is 0 Å². The summed E-state index contributed by atoms with van der Waals surface area (Å²) in [5, 5.41) is 0.419. The van der Waals surface area contributed by atoms with E-state index in [1.165, 1.54) is 6.07 Å². The van der Waals surface area contributed by atoms with Crippen molar-refractivity contribution in [2.24, 2.45) is 0 Å². The lowest BCUT2D eigenvalue weighted by molar-refractivity contribution is 0.300.